The maximum atomic E-state index is 13.2. The van der Waals surface area contributed by atoms with Gasteiger partial charge in [0.2, 0.25) is 11.7 Å². The van der Waals surface area contributed by atoms with E-state index in [1.807, 2.05) is 84.6 Å². The standard InChI is InChI=1S/C26H25N3O2/c1-20-12-14-23(15-13-20)26(30)29(18-16-21-8-4-2-5-9-21)19-17-24-27-25(28-31-24)22-10-6-3-7-11-22/h2-15H,16-19H2,1H3. The number of aryl methyl sites for hydroxylation is 1. The number of benzene rings is 3. The van der Waals surface area contributed by atoms with Crippen LogP contribution in [0.25, 0.3) is 11.4 Å². The van der Waals surface area contributed by atoms with E-state index in [0.29, 0.717) is 36.8 Å². The number of rotatable bonds is 8. The summed E-state index contributed by atoms with van der Waals surface area (Å²) >= 11 is 0. The fourth-order valence-electron chi connectivity index (χ4n) is 3.39. The van der Waals surface area contributed by atoms with Gasteiger partial charge in [-0.3, -0.25) is 4.79 Å². The van der Waals surface area contributed by atoms with Crippen molar-refractivity contribution in [1.29, 1.82) is 0 Å². The van der Waals surface area contributed by atoms with Crippen LogP contribution in [-0.2, 0) is 12.8 Å². The van der Waals surface area contributed by atoms with Gasteiger partial charge in [0, 0.05) is 30.6 Å². The molecule has 5 heteroatoms. The molecule has 0 aliphatic carbocycles. The molecule has 0 N–H and O–H groups in total. The summed E-state index contributed by atoms with van der Waals surface area (Å²) in [6.07, 6.45) is 1.30. The van der Waals surface area contributed by atoms with Gasteiger partial charge in [0.1, 0.15) is 0 Å². The summed E-state index contributed by atoms with van der Waals surface area (Å²) in [7, 11) is 0. The van der Waals surface area contributed by atoms with E-state index in [0.717, 1.165) is 17.5 Å². The Bertz CT molecular complexity index is 1110. The van der Waals surface area contributed by atoms with Crippen LogP contribution in [-0.4, -0.2) is 34.0 Å². The van der Waals surface area contributed by atoms with Crippen LogP contribution >= 0.6 is 0 Å². The van der Waals surface area contributed by atoms with Crippen molar-refractivity contribution in [2.75, 3.05) is 13.1 Å². The van der Waals surface area contributed by atoms with Crippen LogP contribution in [0.5, 0.6) is 0 Å². The fraction of sp³-hybridized carbons (Fsp3) is 0.192. The molecule has 0 radical (unpaired) electrons. The van der Waals surface area contributed by atoms with Crippen molar-refractivity contribution in [2.45, 2.75) is 19.8 Å². The first-order valence-electron chi connectivity index (χ1n) is 10.5. The third-order valence-electron chi connectivity index (χ3n) is 5.19. The Kier molecular flexibility index (Phi) is 6.53. The van der Waals surface area contributed by atoms with Crippen LogP contribution < -0.4 is 0 Å². The second kappa shape index (κ2) is 9.85. The molecule has 31 heavy (non-hydrogen) atoms. The smallest absolute Gasteiger partial charge is 0.253 e. The summed E-state index contributed by atoms with van der Waals surface area (Å²) < 4.78 is 5.43. The van der Waals surface area contributed by atoms with Crippen LogP contribution in [0.3, 0.4) is 0 Å². The molecule has 0 bridgehead atoms. The summed E-state index contributed by atoms with van der Waals surface area (Å²) in [6.45, 7) is 3.15. The minimum atomic E-state index is 0.0127. The topological polar surface area (TPSA) is 59.2 Å². The van der Waals surface area contributed by atoms with Gasteiger partial charge in [0.15, 0.2) is 0 Å². The number of aromatic nitrogens is 2. The van der Waals surface area contributed by atoms with E-state index >= 15 is 0 Å². The van der Waals surface area contributed by atoms with Crippen LogP contribution in [0.15, 0.2) is 89.5 Å². The zero-order valence-corrected chi connectivity index (χ0v) is 17.6. The van der Waals surface area contributed by atoms with Crippen molar-refractivity contribution in [2.24, 2.45) is 0 Å². The molecule has 1 amide bonds. The van der Waals surface area contributed by atoms with E-state index in [1.54, 1.807) is 0 Å². The van der Waals surface area contributed by atoms with Gasteiger partial charge in [0.05, 0.1) is 0 Å². The normalized spacial score (nSPS) is 10.7. The molecule has 0 aliphatic rings. The van der Waals surface area contributed by atoms with Gasteiger partial charge in [-0.1, -0.05) is 83.5 Å². The first kappa shape index (κ1) is 20.5. The van der Waals surface area contributed by atoms with Crippen LogP contribution in [0.4, 0.5) is 0 Å². The molecule has 3 aromatic carbocycles. The highest BCUT2D eigenvalue weighted by Gasteiger charge is 2.17. The first-order valence-corrected chi connectivity index (χ1v) is 10.5. The quantitative estimate of drug-likeness (QED) is 0.411. The molecule has 0 fully saturated rings. The molecule has 0 saturated carbocycles. The molecule has 156 valence electrons. The number of carbonyl (C=O) groups excluding carboxylic acids is 1. The van der Waals surface area contributed by atoms with Crippen molar-refractivity contribution >= 4 is 5.91 Å². The summed E-state index contributed by atoms with van der Waals surface area (Å²) in [4.78, 5) is 19.5. The fourth-order valence-corrected chi connectivity index (χ4v) is 3.39. The van der Waals surface area contributed by atoms with E-state index in [9.17, 15) is 4.79 Å². The van der Waals surface area contributed by atoms with Crippen molar-refractivity contribution in [3.63, 3.8) is 0 Å². The summed E-state index contributed by atoms with van der Waals surface area (Å²) in [5, 5.41) is 4.08. The van der Waals surface area contributed by atoms with Crippen LogP contribution in [0, 0.1) is 6.92 Å². The van der Waals surface area contributed by atoms with Gasteiger partial charge >= 0.3 is 0 Å². The van der Waals surface area contributed by atoms with E-state index in [2.05, 4.69) is 22.3 Å². The summed E-state index contributed by atoms with van der Waals surface area (Å²) in [5.74, 6) is 1.11. The van der Waals surface area contributed by atoms with Crippen molar-refractivity contribution in [3.05, 3.63) is 108 Å². The largest absolute Gasteiger partial charge is 0.339 e. The number of carbonyl (C=O) groups is 1. The lowest BCUT2D eigenvalue weighted by Gasteiger charge is -2.22. The maximum absolute atomic E-state index is 13.2. The molecule has 0 aliphatic heterocycles. The highest BCUT2D eigenvalue weighted by atomic mass is 16.5. The maximum Gasteiger partial charge on any atom is 0.253 e. The van der Waals surface area contributed by atoms with Gasteiger partial charge < -0.3 is 9.42 Å². The molecule has 0 unspecified atom stereocenters. The van der Waals surface area contributed by atoms with Crippen LogP contribution in [0.2, 0.25) is 0 Å². The SMILES string of the molecule is Cc1ccc(C(=O)N(CCc2ccccc2)CCc2nc(-c3ccccc3)no2)cc1. The molecule has 5 nitrogen and oxygen atoms in total. The van der Waals surface area contributed by atoms with Gasteiger partial charge in [-0.15, -0.1) is 0 Å². The van der Waals surface area contributed by atoms with Gasteiger partial charge in [-0.05, 0) is 31.0 Å². The summed E-state index contributed by atoms with van der Waals surface area (Å²) in [6, 6.07) is 27.6. The first-order chi connectivity index (χ1) is 15.2. The minimum Gasteiger partial charge on any atom is -0.339 e. The lowest BCUT2D eigenvalue weighted by atomic mass is 10.1. The highest BCUT2D eigenvalue weighted by Crippen LogP contribution is 2.16. The Morgan fingerprint density at radius 3 is 2.19 bits per heavy atom. The predicted octanol–water partition coefficient (Wildman–Crippen LogP) is 4.97. The Morgan fingerprint density at radius 1 is 0.839 bits per heavy atom. The molecular formula is C26H25N3O2. The molecule has 4 aromatic rings. The van der Waals surface area contributed by atoms with Gasteiger partial charge in [-0.25, -0.2) is 0 Å². The molecular weight excluding hydrogens is 386 g/mol. The number of hydrogen-bond donors (Lipinski definition) is 0. The Balaban J connectivity index is 1.46. The van der Waals surface area contributed by atoms with Crippen LogP contribution in [0.1, 0.15) is 27.4 Å². The van der Waals surface area contributed by atoms with E-state index in [-0.39, 0.29) is 5.91 Å². The zero-order valence-electron chi connectivity index (χ0n) is 17.6. The average Bonchev–Trinajstić information content (AvgIpc) is 3.30. The zero-order chi connectivity index (χ0) is 21.5. The second-order valence-corrected chi connectivity index (χ2v) is 7.52. The van der Waals surface area contributed by atoms with Gasteiger partial charge in [0.25, 0.3) is 5.91 Å². The Morgan fingerprint density at radius 2 is 1.48 bits per heavy atom. The van der Waals surface area contributed by atoms with Crippen molar-refractivity contribution in [1.82, 2.24) is 15.0 Å². The predicted molar refractivity (Wildman–Crippen MR) is 121 cm³/mol. The molecule has 1 heterocycles. The highest BCUT2D eigenvalue weighted by molar-refractivity contribution is 5.94. The average molecular weight is 412 g/mol. The van der Waals surface area contributed by atoms with Crippen molar-refractivity contribution < 1.29 is 9.32 Å². The molecule has 1 aromatic heterocycles. The molecule has 0 saturated heterocycles. The van der Waals surface area contributed by atoms with Gasteiger partial charge in [-0.2, -0.15) is 4.98 Å². The van der Waals surface area contributed by atoms with E-state index in [1.165, 1.54) is 5.56 Å². The van der Waals surface area contributed by atoms with E-state index < -0.39 is 0 Å². The van der Waals surface area contributed by atoms with Crippen molar-refractivity contribution in [3.8, 4) is 11.4 Å². The molecule has 4 rings (SSSR count). The number of hydrogen-bond acceptors (Lipinski definition) is 4. The lowest BCUT2D eigenvalue weighted by molar-refractivity contribution is 0.0756. The van der Waals surface area contributed by atoms with E-state index in [4.69, 9.17) is 4.52 Å². The Hall–Kier alpha value is -3.73. The molecule has 0 spiro atoms. The monoisotopic (exact) mass is 411 g/mol. The third kappa shape index (κ3) is 5.45. The third-order valence-corrected chi connectivity index (χ3v) is 5.19. The minimum absolute atomic E-state index is 0.0127. The Labute approximate surface area is 182 Å². The second-order valence-electron chi connectivity index (χ2n) is 7.52. The lowest BCUT2D eigenvalue weighted by Crippen LogP contribution is -2.34. The molecule has 0 atom stereocenters. The number of nitrogens with zero attached hydrogens (tertiary/aromatic N) is 3. The number of amides is 1. The summed E-state index contributed by atoms with van der Waals surface area (Å²) in [5.41, 5.74) is 3.93.